The van der Waals surface area contributed by atoms with Crippen molar-refractivity contribution >= 4 is 11.6 Å². The monoisotopic (exact) mass is 308 g/mol. The Morgan fingerprint density at radius 3 is 2.30 bits per heavy atom. The summed E-state index contributed by atoms with van der Waals surface area (Å²) < 4.78 is 0. The first kappa shape index (κ1) is 15.8. The van der Waals surface area contributed by atoms with Gasteiger partial charge in [-0.05, 0) is 44.5 Å². The molecule has 3 nitrogen and oxygen atoms in total. The topological polar surface area (TPSA) is 23.6 Å². The van der Waals surface area contributed by atoms with Gasteiger partial charge in [0.2, 0.25) is 5.91 Å². The molecule has 2 aromatic carbocycles. The number of benzene rings is 2. The van der Waals surface area contributed by atoms with E-state index in [0.29, 0.717) is 0 Å². The lowest BCUT2D eigenvalue weighted by Gasteiger charge is -2.24. The molecule has 1 amide bonds. The summed E-state index contributed by atoms with van der Waals surface area (Å²) in [6, 6.07) is 20.7. The fraction of sp³-hybridized carbons (Fsp3) is 0.350. The van der Waals surface area contributed by atoms with E-state index in [1.165, 1.54) is 5.56 Å². The summed E-state index contributed by atoms with van der Waals surface area (Å²) in [4.78, 5) is 17.0. The van der Waals surface area contributed by atoms with Gasteiger partial charge in [-0.15, -0.1) is 0 Å². The minimum absolute atomic E-state index is 0.0195. The molecule has 2 atom stereocenters. The van der Waals surface area contributed by atoms with Gasteiger partial charge in [-0.25, -0.2) is 0 Å². The molecule has 1 saturated heterocycles. The highest BCUT2D eigenvalue weighted by Gasteiger charge is 2.39. The zero-order valence-electron chi connectivity index (χ0n) is 13.9. The average molecular weight is 308 g/mol. The molecule has 0 bridgehead atoms. The molecule has 0 N–H and O–H groups in total. The molecule has 0 saturated carbocycles. The molecule has 2 aromatic rings. The minimum Gasteiger partial charge on any atom is -0.308 e. The molecule has 3 heteroatoms. The molecular weight excluding hydrogens is 284 g/mol. The van der Waals surface area contributed by atoms with Gasteiger partial charge in [-0.2, -0.15) is 0 Å². The predicted octanol–water partition coefficient (Wildman–Crippen LogP) is 3.35. The van der Waals surface area contributed by atoms with Gasteiger partial charge in [0.25, 0.3) is 0 Å². The van der Waals surface area contributed by atoms with E-state index in [9.17, 15) is 4.79 Å². The van der Waals surface area contributed by atoms with Crippen LogP contribution in [-0.4, -0.2) is 36.5 Å². The van der Waals surface area contributed by atoms with Crippen molar-refractivity contribution in [2.75, 3.05) is 18.5 Å². The quantitative estimate of drug-likeness (QED) is 0.845. The summed E-state index contributed by atoms with van der Waals surface area (Å²) in [5.74, 6) is 0.222. The van der Waals surface area contributed by atoms with Crippen LogP contribution in [0.5, 0.6) is 0 Å². The fourth-order valence-corrected chi connectivity index (χ4v) is 3.35. The fourth-order valence-electron chi connectivity index (χ4n) is 3.35. The Kier molecular flexibility index (Phi) is 4.77. The van der Waals surface area contributed by atoms with Crippen molar-refractivity contribution < 1.29 is 4.79 Å². The number of para-hydroxylation sites is 1. The number of likely N-dealkylation sites (N-methyl/N-ethyl adjacent to an activating group) is 1. The van der Waals surface area contributed by atoms with Crippen LogP contribution >= 0.6 is 0 Å². The Morgan fingerprint density at radius 1 is 1.04 bits per heavy atom. The minimum atomic E-state index is -0.0195. The zero-order valence-corrected chi connectivity index (χ0v) is 13.9. The van der Waals surface area contributed by atoms with Crippen LogP contribution in [0.1, 0.15) is 18.9 Å². The lowest BCUT2D eigenvalue weighted by molar-refractivity contribution is -0.121. The molecule has 0 aliphatic carbocycles. The predicted molar refractivity (Wildman–Crippen MR) is 94.6 cm³/mol. The maximum Gasteiger partial charge on any atom is 0.244 e. The number of carbonyl (C=O) groups is 1. The van der Waals surface area contributed by atoms with E-state index in [4.69, 9.17) is 0 Å². The Balaban J connectivity index is 1.65. The first-order chi connectivity index (χ1) is 11.2. The van der Waals surface area contributed by atoms with Crippen LogP contribution in [0.4, 0.5) is 5.69 Å². The third-order valence-corrected chi connectivity index (χ3v) is 4.69. The standard InChI is InChI=1S/C20H24N2O/c1-16-15-19(20(23)22(16)18-11-7-4-8-12-18)21(2)14-13-17-9-5-3-6-10-17/h3-12,16,19H,13-15H2,1-2H3/t16-,19-/m1/s1. The summed E-state index contributed by atoms with van der Waals surface area (Å²) >= 11 is 0. The summed E-state index contributed by atoms with van der Waals surface area (Å²) in [6.45, 7) is 3.03. The van der Waals surface area contributed by atoms with Crippen LogP contribution in [0.15, 0.2) is 60.7 Å². The number of anilines is 1. The van der Waals surface area contributed by atoms with Gasteiger partial charge >= 0.3 is 0 Å². The lowest BCUT2D eigenvalue weighted by Crippen LogP contribution is -2.41. The summed E-state index contributed by atoms with van der Waals surface area (Å²) in [5.41, 5.74) is 2.32. The van der Waals surface area contributed by atoms with E-state index in [2.05, 4.69) is 43.1 Å². The number of hydrogen-bond acceptors (Lipinski definition) is 2. The number of hydrogen-bond donors (Lipinski definition) is 0. The molecule has 1 aliphatic rings. The third kappa shape index (κ3) is 3.45. The van der Waals surface area contributed by atoms with E-state index < -0.39 is 0 Å². The summed E-state index contributed by atoms with van der Waals surface area (Å²) in [5, 5.41) is 0. The first-order valence-corrected chi connectivity index (χ1v) is 8.29. The molecule has 120 valence electrons. The SMILES string of the molecule is C[C@@H]1C[C@@H](N(C)CCc2ccccc2)C(=O)N1c1ccccc1. The van der Waals surface area contributed by atoms with Crippen LogP contribution in [0.3, 0.4) is 0 Å². The summed E-state index contributed by atoms with van der Waals surface area (Å²) in [7, 11) is 2.06. The molecule has 0 aromatic heterocycles. The number of carbonyl (C=O) groups excluding carboxylic acids is 1. The van der Waals surface area contributed by atoms with E-state index >= 15 is 0 Å². The average Bonchev–Trinajstić information content (AvgIpc) is 2.89. The Bertz CT molecular complexity index is 641. The zero-order chi connectivity index (χ0) is 16.2. The maximum absolute atomic E-state index is 12.9. The Labute approximate surface area is 138 Å². The highest BCUT2D eigenvalue weighted by Crippen LogP contribution is 2.28. The second kappa shape index (κ2) is 6.97. The molecule has 1 fully saturated rings. The molecule has 1 heterocycles. The summed E-state index contributed by atoms with van der Waals surface area (Å²) in [6.07, 6.45) is 1.86. The van der Waals surface area contributed by atoms with E-state index in [0.717, 1.165) is 25.1 Å². The molecule has 0 radical (unpaired) electrons. The van der Waals surface area contributed by atoms with Gasteiger partial charge in [0.15, 0.2) is 0 Å². The van der Waals surface area contributed by atoms with Crippen molar-refractivity contribution in [2.24, 2.45) is 0 Å². The van der Waals surface area contributed by atoms with Gasteiger partial charge in [0, 0.05) is 18.3 Å². The van der Waals surface area contributed by atoms with Gasteiger partial charge in [-0.1, -0.05) is 48.5 Å². The molecule has 0 unspecified atom stereocenters. The number of rotatable bonds is 5. The van der Waals surface area contributed by atoms with Crippen LogP contribution in [0, 0.1) is 0 Å². The van der Waals surface area contributed by atoms with Crippen molar-refractivity contribution in [1.29, 1.82) is 0 Å². The van der Waals surface area contributed by atoms with Crippen LogP contribution in [-0.2, 0) is 11.2 Å². The normalized spacial score (nSPS) is 21.2. The Hall–Kier alpha value is -2.13. The van der Waals surface area contributed by atoms with Crippen molar-refractivity contribution in [3.63, 3.8) is 0 Å². The Morgan fingerprint density at radius 2 is 1.65 bits per heavy atom. The van der Waals surface area contributed by atoms with E-state index in [-0.39, 0.29) is 18.0 Å². The van der Waals surface area contributed by atoms with Gasteiger partial charge in [0.1, 0.15) is 0 Å². The molecule has 1 aliphatic heterocycles. The van der Waals surface area contributed by atoms with Crippen molar-refractivity contribution in [3.05, 3.63) is 66.2 Å². The molecule has 23 heavy (non-hydrogen) atoms. The van der Waals surface area contributed by atoms with Gasteiger partial charge in [-0.3, -0.25) is 9.69 Å². The highest BCUT2D eigenvalue weighted by atomic mass is 16.2. The third-order valence-electron chi connectivity index (χ3n) is 4.69. The lowest BCUT2D eigenvalue weighted by atomic mass is 10.1. The molecular formula is C20H24N2O. The second-order valence-corrected chi connectivity index (χ2v) is 6.36. The highest BCUT2D eigenvalue weighted by molar-refractivity contribution is 6.00. The smallest absolute Gasteiger partial charge is 0.244 e. The number of amides is 1. The molecule has 3 rings (SSSR count). The van der Waals surface area contributed by atoms with Crippen molar-refractivity contribution in [3.8, 4) is 0 Å². The van der Waals surface area contributed by atoms with Crippen LogP contribution < -0.4 is 4.90 Å². The van der Waals surface area contributed by atoms with Crippen LogP contribution in [0.25, 0.3) is 0 Å². The van der Waals surface area contributed by atoms with Gasteiger partial charge < -0.3 is 4.90 Å². The van der Waals surface area contributed by atoms with E-state index in [1.807, 2.05) is 41.3 Å². The first-order valence-electron chi connectivity index (χ1n) is 8.29. The maximum atomic E-state index is 12.9. The van der Waals surface area contributed by atoms with Crippen molar-refractivity contribution in [2.45, 2.75) is 31.8 Å². The second-order valence-electron chi connectivity index (χ2n) is 6.36. The number of nitrogens with zero attached hydrogens (tertiary/aromatic N) is 2. The van der Waals surface area contributed by atoms with E-state index in [1.54, 1.807) is 0 Å². The van der Waals surface area contributed by atoms with Gasteiger partial charge in [0.05, 0.1) is 6.04 Å². The van der Waals surface area contributed by atoms with Crippen LogP contribution in [0.2, 0.25) is 0 Å². The molecule has 0 spiro atoms. The van der Waals surface area contributed by atoms with Crippen molar-refractivity contribution in [1.82, 2.24) is 4.90 Å². The largest absolute Gasteiger partial charge is 0.308 e.